The van der Waals surface area contributed by atoms with Crippen molar-refractivity contribution in [1.82, 2.24) is 4.98 Å². The van der Waals surface area contributed by atoms with Gasteiger partial charge in [0.2, 0.25) is 0 Å². The van der Waals surface area contributed by atoms with E-state index in [4.69, 9.17) is 11.6 Å². The molecule has 106 valence electrons. The molecule has 3 rings (SSSR count). The van der Waals surface area contributed by atoms with Crippen molar-refractivity contribution in [3.63, 3.8) is 0 Å². The summed E-state index contributed by atoms with van der Waals surface area (Å²) in [5.74, 6) is -0.948. The number of halogens is 1. The number of aromatic nitrogens is 1. The van der Waals surface area contributed by atoms with Crippen molar-refractivity contribution < 1.29 is 9.90 Å². The molecule has 0 radical (unpaired) electrons. The van der Waals surface area contributed by atoms with Crippen LogP contribution in [0.2, 0.25) is 4.34 Å². The molecule has 0 atom stereocenters. The topological polar surface area (TPSA) is 50.2 Å². The van der Waals surface area contributed by atoms with Crippen LogP contribution in [0.1, 0.15) is 21.5 Å². The SMILES string of the molecule is Cc1cc(C)c2nc(-c3ccc(Cl)s3)cc(C(=O)O)c2c1. The van der Waals surface area contributed by atoms with Crippen molar-refractivity contribution in [3.05, 3.63) is 51.4 Å². The Morgan fingerprint density at radius 2 is 2.00 bits per heavy atom. The largest absolute Gasteiger partial charge is 0.478 e. The molecule has 0 amide bonds. The third kappa shape index (κ3) is 2.52. The number of aromatic carboxylic acids is 1. The summed E-state index contributed by atoms with van der Waals surface area (Å²) in [5, 5.41) is 10.2. The minimum absolute atomic E-state index is 0.270. The second-order valence-corrected chi connectivity index (χ2v) is 6.66. The van der Waals surface area contributed by atoms with Gasteiger partial charge in [-0.3, -0.25) is 0 Å². The number of benzene rings is 1. The Morgan fingerprint density at radius 1 is 1.24 bits per heavy atom. The van der Waals surface area contributed by atoms with Gasteiger partial charge in [0, 0.05) is 5.39 Å². The molecule has 0 aliphatic carbocycles. The molecule has 0 saturated carbocycles. The van der Waals surface area contributed by atoms with Crippen molar-refractivity contribution in [1.29, 1.82) is 0 Å². The Kier molecular flexibility index (Phi) is 3.43. The maximum Gasteiger partial charge on any atom is 0.336 e. The molecule has 0 fully saturated rings. The highest BCUT2D eigenvalue weighted by Gasteiger charge is 2.15. The fourth-order valence-electron chi connectivity index (χ4n) is 2.44. The lowest BCUT2D eigenvalue weighted by molar-refractivity contribution is 0.0699. The molecule has 0 unspecified atom stereocenters. The molecule has 0 saturated heterocycles. The Labute approximate surface area is 130 Å². The number of carbonyl (C=O) groups is 1. The quantitative estimate of drug-likeness (QED) is 0.729. The molecule has 5 heteroatoms. The van der Waals surface area contributed by atoms with E-state index in [1.165, 1.54) is 11.3 Å². The summed E-state index contributed by atoms with van der Waals surface area (Å²) >= 11 is 7.35. The summed E-state index contributed by atoms with van der Waals surface area (Å²) in [6, 6.07) is 9.13. The monoisotopic (exact) mass is 317 g/mol. The first kappa shape index (κ1) is 14.0. The lowest BCUT2D eigenvalue weighted by Crippen LogP contribution is -2.01. The molecule has 2 aromatic heterocycles. The van der Waals surface area contributed by atoms with Crippen molar-refractivity contribution >= 4 is 39.8 Å². The van der Waals surface area contributed by atoms with E-state index in [1.54, 1.807) is 12.1 Å². The molecule has 0 spiro atoms. The van der Waals surface area contributed by atoms with E-state index in [-0.39, 0.29) is 5.56 Å². The number of carboxylic acids is 1. The molecule has 21 heavy (non-hydrogen) atoms. The molecular weight excluding hydrogens is 306 g/mol. The number of rotatable bonds is 2. The summed E-state index contributed by atoms with van der Waals surface area (Å²) in [6.45, 7) is 3.89. The molecule has 0 aliphatic rings. The maximum absolute atomic E-state index is 11.6. The van der Waals surface area contributed by atoms with Gasteiger partial charge < -0.3 is 5.11 Å². The predicted molar refractivity (Wildman–Crippen MR) is 86.5 cm³/mol. The Hall–Kier alpha value is -1.91. The fourth-order valence-corrected chi connectivity index (χ4v) is 3.44. The number of carboxylic acid groups (broad SMARTS) is 1. The first-order chi connectivity index (χ1) is 9.95. The minimum atomic E-state index is -0.948. The van der Waals surface area contributed by atoms with Crippen LogP contribution >= 0.6 is 22.9 Å². The van der Waals surface area contributed by atoms with E-state index in [9.17, 15) is 9.90 Å². The number of fused-ring (bicyclic) bond motifs is 1. The number of nitrogens with zero attached hydrogens (tertiary/aromatic N) is 1. The number of aryl methyl sites for hydroxylation is 2. The molecule has 3 aromatic rings. The number of hydrogen-bond acceptors (Lipinski definition) is 3. The molecule has 0 bridgehead atoms. The van der Waals surface area contributed by atoms with Gasteiger partial charge in [-0.15, -0.1) is 11.3 Å². The van der Waals surface area contributed by atoms with Crippen molar-refractivity contribution in [2.24, 2.45) is 0 Å². The van der Waals surface area contributed by atoms with E-state index in [0.29, 0.717) is 15.4 Å². The van der Waals surface area contributed by atoms with Gasteiger partial charge in [-0.2, -0.15) is 0 Å². The lowest BCUT2D eigenvalue weighted by atomic mass is 10.0. The third-order valence-electron chi connectivity index (χ3n) is 3.30. The van der Waals surface area contributed by atoms with Gasteiger partial charge in [0.1, 0.15) is 0 Å². The van der Waals surface area contributed by atoms with Crippen LogP contribution in [-0.4, -0.2) is 16.1 Å². The van der Waals surface area contributed by atoms with Crippen LogP contribution < -0.4 is 0 Å². The van der Waals surface area contributed by atoms with Gasteiger partial charge in [-0.25, -0.2) is 9.78 Å². The number of thiophene rings is 1. The minimum Gasteiger partial charge on any atom is -0.478 e. The van der Waals surface area contributed by atoms with Gasteiger partial charge in [0.05, 0.1) is 26.0 Å². The Morgan fingerprint density at radius 3 is 2.62 bits per heavy atom. The maximum atomic E-state index is 11.6. The van der Waals surface area contributed by atoms with Crippen LogP contribution in [0.4, 0.5) is 0 Å². The summed E-state index contributed by atoms with van der Waals surface area (Å²) in [6.07, 6.45) is 0. The van der Waals surface area contributed by atoms with Crippen LogP contribution in [0.15, 0.2) is 30.3 Å². The second kappa shape index (κ2) is 5.13. The lowest BCUT2D eigenvalue weighted by Gasteiger charge is -2.09. The van der Waals surface area contributed by atoms with E-state index in [1.807, 2.05) is 32.0 Å². The average Bonchev–Trinajstić information content (AvgIpc) is 2.84. The fraction of sp³-hybridized carbons (Fsp3) is 0.125. The molecule has 1 N–H and O–H groups in total. The van der Waals surface area contributed by atoms with Crippen LogP contribution in [-0.2, 0) is 0 Å². The highest BCUT2D eigenvalue weighted by molar-refractivity contribution is 7.19. The van der Waals surface area contributed by atoms with E-state index < -0.39 is 5.97 Å². The van der Waals surface area contributed by atoms with E-state index in [2.05, 4.69) is 4.98 Å². The van der Waals surface area contributed by atoms with Crippen molar-refractivity contribution in [2.45, 2.75) is 13.8 Å². The predicted octanol–water partition coefficient (Wildman–Crippen LogP) is 4.93. The van der Waals surface area contributed by atoms with Gasteiger partial charge in [0.25, 0.3) is 0 Å². The number of hydrogen-bond donors (Lipinski definition) is 1. The summed E-state index contributed by atoms with van der Waals surface area (Å²) in [7, 11) is 0. The summed E-state index contributed by atoms with van der Waals surface area (Å²) in [4.78, 5) is 17.1. The van der Waals surface area contributed by atoms with E-state index >= 15 is 0 Å². The highest BCUT2D eigenvalue weighted by atomic mass is 35.5. The van der Waals surface area contributed by atoms with Crippen LogP contribution in [0, 0.1) is 13.8 Å². The molecule has 0 aliphatic heterocycles. The van der Waals surface area contributed by atoms with Gasteiger partial charge >= 0.3 is 5.97 Å². The zero-order valence-electron chi connectivity index (χ0n) is 11.5. The zero-order chi connectivity index (χ0) is 15.1. The normalized spacial score (nSPS) is 11.0. The molecule has 2 heterocycles. The summed E-state index contributed by atoms with van der Waals surface area (Å²) in [5.41, 5.74) is 3.63. The average molecular weight is 318 g/mol. The first-order valence-corrected chi connectivity index (χ1v) is 7.56. The van der Waals surface area contributed by atoms with Gasteiger partial charge in [0.15, 0.2) is 0 Å². The summed E-state index contributed by atoms with van der Waals surface area (Å²) < 4.78 is 0.657. The standard InChI is InChI=1S/C16H12ClNO2S/c1-8-5-9(2)15-10(6-8)11(16(19)20)7-12(18-15)13-3-4-14(17)21-13/h3-7H,1-2H3,(H,19,20). The van der Waals surface area contributed by atoms with Crippen LogP contribution in [0.5, 0.6) is 0 Å². The molecular formula is C16H12ClNO2S. The molecule has 1 aromatic carbocycles. The van der Waals surface area contributed by atoms with E-state index in [0.717, 1.165) is 21.5 Å². The highest BCUT2D eigenvalue weighted by Crippen LogP contribution is 2.33. The van der Waals surface area contributed by atoms with Crippen LogP contribution in [0.3, 0.4) is 0 Å². The van der Waals surface area contributed by atoms with Gasteiger partial charge in [-0.05, 0) is 43.7 Å². The van der Waals surface area contributed by atoms with Crippen molar-refractivity contribution in [2.75, 3.05) is 0 Å². The first-order valence-electron chi connectivity index (χ1n) is 6.36. The van der Waals surface area contributed by atoms with Crippen molar-refractivity contribution in [3.8, 4) is 10.6 Å². The van der Waals surface area contributed by atoms with Gasteiger partial charge in [-0.1, -0.05) is 23.2 Å². The Bertz CT molecular complexity index is 870. The zero-order valence-corrected chi connectivity index (χ0v) is 13.0. The number of pyridine rings is 1. The second-order valence-electron chi connectivity index (χ2n) is 4.94. The Balaban J connectivity index is 2.37. The third-order valence-corrected chi connectivity index (χ3v) is 4.56. The smallest absolute Gasteiger partial charge is 0.336 e. The van der Waals surface area contributed by atoms with Crippen LogP contribution in [0.25, 0.3) is 21.5 Å². The molecule has 3 nitrogen and oxygen atoms in total.